The zero-order chi connectivity index (χ0) is 23.8. The molecule has 3 nitrogen and oxygen atoms in total. The van der Waals surface area contributed by atoms with Gasteiger partial charge in [0, 0.05) is 31.7 Å². The molecule has 1 heterocycles. The highest BCUT2D eigenvalue weighted by molar-refractivity contribution is 5.99. The van der Waals surface area contributed by atoms with E-state index in [0.29, 0.717) is 18.4 Å². The molecule has 33 heavy (non-hydrogen) atoms. The van der Waals surface area contributed by atoms with Crippen LogP contribution in [0.4, 0.5) is 0 Å². The van der Waals surface area contributed by atoms with E-state index in [9.17, 15) is 10.2 Å². The van der Waals surface area contributed by atoms with Crippen LogP contribution < -0.4 is 0 Å². The molecule has 0 atom stereocenters. The van der Waals surface area contributed by atoms with Crippen LogP contribution in [0.2, 0.25) is 0 Å². The maximum atomic E-state index is 9.93. The van der Waals surface area contributed by atoms with E-state index in [1.807, 2.05) is 24.3 Å². The summed E-state index contributed by atoms with van der Waals surface area (Å²) in [6.45, 7) is 13.0. The monoisotopic (exact) mass is 443 g/mol. The van der Waals surface area contributed by atoms with Crippen LogP contribution >= 0.6 is 0 Å². The molecule has 0 amide bonds. The molecule has 1 aliphatic heterocycles. The molecule has 3 heteroatoms. The van der Waals surface area contributed by atoms with Gasteiger partial charge in [0.05, 0.1) is 0 Å². The molecule has 1 aliphatic rings. The van der Waals surface area contributed by atoms with Crippen molar-refractivity contribution in [3.63, 3.8) is 0 Å². The van der Waals surface area contributed by atoms with Crippen molar-refractivity contribution in [3.05, 3.63) is 107 Å². The van der Waals surface area contributed by atoms with E-state index < -0.39 is 0 Å². The summed E-state index contributed by atoms with van der Waals surface area (Å²) in [5, 5.41) is 19.5. The van der Waals surface area contributed by atoms with Crippen molar-refractivity contribution >= 4 is 11.1 Å². The molecular weight excluding hydrogens is 406 g/mol. The molecule has 0 unspecified atom stereocenters. The van der Waals surface area contributed by atoms with Crippen LogP contribution in [-0.2, 0) is 0 Å². The Labute approximate surface area is 199 Å². The van der Waals surface area contributed by atoms with Gasteiger partial charge in [0.15, 0.2) is 0 Å². The van der Waals surface area contributed by atoms with Gasteiger partial charge in [0.1, 0.15) is 5.76 Å². The number of aliphatic hydroxyl groups is 2. The molecule has 2 aromatic carbocycles. The maximum absolute atomic E-state index is 9.93. The maximum Gasteiger partial charge on any atom is 0.111 e. The zero-order valence-corrected chi connectivity index (χ0v) is 20.2. The van der Waals surface area contributed by atoms with Crippen LogP contribution in [0.1, 0.15) is 56.2 Å². The molecule has 2 aromatic rings. The highest BCUT2D eigenvalue weighted by atomic mass is 16.3. The molecule has 0 aromatic heterocycles. The lowest BCUT2D eigenvalue weighted by atomic mass is 9.85. The van der Waals surface area contributed by atoms with Crippen molar-refractivity contribution in [2.24, 2.45) is 0 Å². The van der Waals surface area contributed by atoms with Gasteiger partial charge in [-0.3, -0.25) is 4.90 Å². The lowest BCUT2D eigenvalue weighted by Crippen LogP contribution is -2.48. The first kappa shape index (κ1) is 24.8. The summed E-state index contributed by atoms with van der Waals surface area (Å²) in [4.78, 5) is 2.49. The van der Waals surface area contributed by atoms with E-state index in [0.717, 1.165) is 47.4 Å². The molecule has 0 bridgehead atoms. The van der Waals surface area contributed by atoms with Crippen molar-refractivity contribution in [2.75, 3.05) is 19.7 Å². The normalized spacial score (nSPS) is 16.2. The van der Waals surface area contributed by atoms with E-state index in [1.54, 1.807) is 19.1 Å². The standard InChI is InChI=1S/C30H37NO2/c1-5-28(33)18-13-23(4)30(29(12-9-19-32)25-10-7-6-8-11-25)26-16-14-24(15-17-26)27-20-31(21-27)22(2)3/h5-8,10-11,13-18,22,27,32-33H,4,9,12,19-21H2,1-3H3/b18-13-,28-5+,30-29-. The second kappa shape index (κ2) is 11.8. The van der Waals surface area contributed by atoms with Gasteiger partial charge < -0.3 is 10.2 Å². The van der Waals surface area contributed by atoms with Crippen LogP contribution in [0.5, 0.6) is 0 Å². The molecule has 0 aliphatic carbocycles. The van der Waals surface area contributed by atoms with Crippen LogP contribution in [0.25, 0.3) is 11.1 Å². The Morgan fingerprint density at radius 1 is 1.03 bits per heavy atom. The van der Waals surface area contributed by atoms with Gasteiger partial charge in [-0.05, 0) is 79.2 Å². The predicted octanol–water partition coefficient (Wildman–Crippen LogP) is 6.75. The number of aliphatic hydroxyl groups excluding tert-OH is 2. The van der Waals surface area contributed by atoms with Crippen LogP contribution in [0, 0.1) is 0 Å². The molecular formula is C30H37NO2. The highest BCUT2D eigenvalue weighted by Gasteiger charge is 2.29. The lowest BCUT2D eigenvalue weighted by molar-refractivity contribution is 0.110. The predicted molar refractivity (Wildman–Crippen MR) is 140 cm³/mol. The first-order valence-corrected chi connectivity index (χ1v) is 11.9. The number of allylic oxidation sites excluding steroid dienone is 6. The fraction of sp³-hybridized carbons (Fsp3) is 0.333. The summed E-state index contributed by atoms with van der Waals surface area (Å²) in [6, 6.07) is 19.8. The molecule has 2 N–H and O–H groups in total. The fourth-order valence-corrected chi connectivity index (χ4v) is 4.29. The molecule has 0 radical (unpaired) electrons. The Morgan fingerprint density at radius 3 is 2.27 bits per heavy atom. The van der Waals surface area contributed by atoms with E-state index >= 15 is 0 Å². The molecule has 0 saturated carbocycles. The summed E-state index contributed by atoms with van der Waals surface area (Å²) >= 11 is 0. The number of hydrogen-bond acceptors (Lipinski definition) is 3. The highest BCUT2D eigenvalue weighted by Crippen LogP contribution is 2.36. The van der Waals surface area contributed by atoms with Crippen molar-refractivity contribution in [1.29, 1.82) is 0 Å². The largest absolute Gasteiger partial charge is 0.508 e. The van der Waals surface area contributed by atoms with Crippen LogP contribution in [-0.4, -0.2) is 40.9 Å². The second-order valence-corrected chi connectivity index (χ2v) is 8.99. The zero-order valence-electron chi connectivity index (χ0n) is 20.2. The summed E-state index contributed by atoms with van der Waals surface area (Å²) in [5.74, 6) is 0.800. The first-order chi connectivity index (χ1) is 15.9. The Balaban J connectivity index is 2.02. The third-order valence-corrected chi connectivity index (χ3v) is 6.39. The minimum Gasteiger partial charge on any atom is -0.508 e. The van der Waals surface area contributed by atoms with Gasteiger partial charge in [-0.2, -0.15) is 0 Å². The third-order valence-electron chi connectivity index (χ3n) is 6.39. The van der Waals surface area contributed by atoms with E-state index in [1.165, 1.54) is 5.56 Å². The summed E-state index contributed by atoms with van der Waals surface area (Å²) in [7, 11) is 0. The average Bonchev–Trinajstić information content (AvgIpc) is 2.80. The van der Waals surface area contributed by atoms with E-state index in [-0.39, 0.29) is 12.4 Å². The number of nitrogens with zero attached hydrogens (tertiary/aromatic N) is 1. The van der Waals surface area contributed by atoms with Gasteiger partial charge >= 0.3 is 0 Å². The van der Waals surface area contributed by atoms with Crippen molar-refractivity contribution in [1.82, 2.24) is 4.90 Å². The Hall–Kier alpha value is -2.88. The van der Waals surface area contributed by atoms with E-state index in [2.05, 4.69) is 61.7 Å². The molecule has 1 saturated heterocycles. The molecule has 1 fully saturated rings. The molecule has 174 valence electrons. The average molecular weight is 444 g/mol. The Morgan fingerprint density at radius 2 is 1.70 bits per heavy atom. The SMILES string of the molecule is C=C(/C=C\C(O)=C/C)/C(=C(\CCCO)c1ccccc1)c1ccc(C2CN(C(C)C)C2)cc1. The third kappa shape index (κ3) is 6.34. The van der Waals surface area contributed by atoms with Crippen molar-refractivity contribution in [3.8, 4) is 0 Å². The smallest absolute Gasteiger partial charge is 0.111 e. The van der Waals surface area contributed by atoms with Gasteiger partial charge in [-0.15, -0.1) is 0 Å². The Bertz CT molecular complexity index is 1010. The van der Waals surface area contributed by atoms with Crippen LogP contribution in [0.3, 0.4) is 0 Å². The van der Waals surface area contributed by atoms with Crippen molar-refractivity contribution < 1.29 is 10.2 Å². The molecule has 3 rings (SSSR count). The van der Waals surface area contributed by atoms with E-state index in [4.69, 9.17) is 0 Å². The lowest BCUT2D eigenvalue weighted by Gasteiger charge is -2.42. The van der Waals surface area contributed by atoms with Crippen molar-refractivity contribution in [2.45, 2.75) is 45.6 Å². The minimum absolute atomic E-state index is 0.137. The summed E-state index contributed by atoms with van der Waals surface area (Å²) in [6.07, 6.45) is 6.63. The van der Waals surface area contributed by atoms with Gasteiger partial charge in [0.2, 0.25) is 0 Å². The topological polar surface area (TPSA) is 43.7 Å². The first-order valence-electron chi connectivity index (χ1n) is 11.9. The number of hydrogen-bond donors (Lipinski definition) is 2. The molecule has 0 spiro atoms. The fourth-order valence-electron chi connectivity index (χ4n) is 4.29. The quantitative estimate of drug-likeness (QED) is 0.242. The van der Waals surface area contributed by atoms with Gasteiger partial charge in [0.25, 0.3) is 0 Å². The Kier molecular flexibility index (Phi) is 8.87. The summed E-state index contributed by atoms with van der Waals surface area (Å²) in [5.41, 5.74) is 6.65. The minimum atomic E-state index is 0.137. The van der Waals surface area contributed by atoms with Gasteiger partial charge in [-0.1, -0.05) is 67.3 Å². The second-order valence-electron chi connectivity index (χ2n) is 8.99. The van der Waals surface area contributed by atoms with Crippen LogP contribution in [0.15, 0.2) is 90.7 Å². The number of likely N-dealkylation sites (tertiary alicyclic amines) is 1. The summed E-state index contributed by atoms with van der Waals surface area (Å²) < 4.78 is 0. The number of benzene rings is 2. The number of rotatable bonds is 10. The van der Waals surface area contributed by atoms with Gasteiger partial charge in [-0.25, -0.2) is 0 Å².